The summed E-state index contributed by atoms with van der Waals surface area (Å²) in [5, 5.41) is 16.3. The molecule has 23 heavy (non-hydrogen) atoms. The van der Waals surface area contributed by atoms with E-state index >= 15 is 0 Å². The second-order valence-corrected chi connectivity index (χ2v) is 4.92. The quantitative estimate of drug-likeness (QED) is 0.607. The van der Waals surface area contributed by atoms with Gasteiger partial charge in [-0.2, -0.15) is 5.10 Å². The van der Waals surface area contributed by atoms with Crippen LogP contribution in [0.25, 0.3) is 0 Å². The molecule has 0 heterocycles. The van der Waals surface area contributed by atoms with Crippen LogP contribution >= 0.6 is 0 Å². The standard InChI is InChI=1S/C18H20N2O3/c1-3-20(18(21)22)19-17(13-14-7-5-4-6-8-14)15-9-11-16(23-2)12-10-15/h4-12H,3,13H2,1-2H3,(H,21,22)/p-1. The molecule has 0 aliphatic heterocycles. The average molecular weight is 311 g/mol. The van der Waals surface area contributed by atoms with E-state index in [1.54, 1.807) is 14.0 Å². The molecule has 0 spiro atoms. The van der Waals surface area contributed by atoms with Gasteiger partial charge in [-0.15, -0.1) is 0 Å². The summed E-state index contributed by atoms with van der Waals surface area (Å²) in [4.78, 5) is 11.1. The van der Waals surface area contributed by atoms with Crippen LogP contribution in [-0.2, 0) is 6.42 Å². The molecular weight excluding hydrogens is 292 g/mol. The highest BCUT2D eigenvalue weighted by molar-refractivity contribution is 6.02. The largest absolute Gasteiger partial charge is 0.529 e. The number of rotatable bonds is 6. The SMILES string of the molecule is CCN(N=C(Cc1ccccc1)c1ccc(OC)cc1)C(=O)[O-]. The Morgan fingerprint density at radius 3 is 2.30 bits per heavy atom. The van der Waals surface area contributed by atoms with Crippen LogP contribution in [0.3, 0.4) is 0 Å². The zero-order chi connectivity index (χ0) is 16.7. The van der Waals surface area contributed by atoms with E-state index in [9.17, 15) is 9.90 Å². The molecule has 120 valence electrons. The minimum absolute atomic E-state index is 0.233. The highest BCUT2D eigenvalue weighted by Crippen LogP contribution is 2.15. The van der Waals surface area contributed by atoms with Gasteiger partial charge in [0.1, 0.15) is 5.75 Å². The molecule has 0 aromatic heterocycles. The third-order valence-electron chi connectivity index (χ3n) is 3.39. The topological polar surface area (TPSA) is 65.0 Å². The van der Waals surface area contributed by atoms with Crippen molar-refractivity contribution in [3.63, 3.8) is 0 Å². The van der Waals surface area contributed by atoms with Crippen molar-refractivity contribution in [2.24, 2.45) is 5.10 Å². The van der Waals surface area contributed by atoms with Gasteiger partial charge >= 0.3 is 0 Å². The highest BCUT2D eigenvalue weighted by atomic mass is 16.5. The van der Waals surface area contributed by atoms with Gasteiger partial charge in [-0.05, 0) is 42.3 Å². The van der Waals surface area contributed by atoms with Gasteiger partial charge in [0.15, 0.2) is 6.09 Å². The maximum absolute atomic E-state index is 11.1. The van der Waals surface area contributed by atoms with Crippen LogP contribution in [0.5, 0.6) is 5.75 Å². The molecule has 2 aromatic carbocycles. The maximum Gasteiger partial charge on any atom is 0.158 e. The van der Waals surface area contributed by atoms with E-state index in [-0.39, 0.29) is 6.54 Å². The maximum atomic E-state index is 11.1. The molecule has 0 aliphatic carbocycles. The van der Waals surface area contributed by atoms with E-state index in [1.165, 1.54) is 0 Å². The lowest BCUT2D eigenvalue weighted by atomic mass is 10.0. The summed E-state index contributed by atoms with van der Waals surface area (Å²) in [5.74, 6) is 0.736. The van der Waals surface area contributed by atoms with Crippen molar-refractivity contribution in [1.29, 1.82) is 0 Å². The van der Waals surface area contributed by atoms with Crippen molar-refractivity contribution < 1.29 is 14.6 Å². The average Bonchev–Trinajstić information content (AvgIpc) is 2.59. The number of methoxy groups -OCH3 is 1. The number of carbonyl (C=O) groups excluding carboxylic acids is 1. The number of hydrazone groups is 1. The number of ether oxygens (including phenoxy) is 1. The Kier molecular flexibility index (Phi) is 5.74. The summed E-state index contributed by atoms with van der Waals surface area (Å²) in [6.07, 6.45) is -0.789. The van der Waals surface area contributed by atoms with Crippen molar-refractivity contribution in [1.82, 2.24) is 5.01 Å². The van der Waals surface area contributed by atoms with Crippen molar-refractivity contribution in [2.45, 2.75) is 13.3 Å². The Bertz CT molecular complexity index is 666. The van der Waals surface area contributed by atoms with Gasteiger partial charge in [0.05, 0.1) is 12.8 Å². The lowest BCUT2D eigenvalue weighted by Crippen LogP contribution is -2.38. The highest BCUT2D eigenvalue weighted by Gasteiger charge is 2.09. The third kappa shape index (κ3) is 4.57. The Morgan fingerprint density at radius 2 is 1.78 bits per heavy atom. The smallest absolute Gasteiger partial charge is 0.158 e. The summed E-state index contributed by atoms with van der Waals surface area (Å²) in [7, 11) is 1.60. The molecule has 0 bridgehead atoms. The summed E-state index contributed by atoms with van der Waals surface area (Å²) in [6.45, 7) is 1.95. The van der Waals surface area contributed by atoms with Crippen molar-refractivity contribution in [3.05, 3.63) is 65.7 Å². The van der Waals surface area contributed by atoms with Crippen molar-refractivity contribution >= 4 is 11.8 Å². The van der Waals surface area contributed by atoms with Crippen LogP contribution in [0, 0.1) is 0 Å². The molecular formula is C18H19N2O3-. The van der Waals surface area contributed by atoms with E-state index in [2.05, 4.69) is 5.10 Å². The van der Waals surface area contributed by atoms with Crippen LogP contribution < -0.4 is 9.84 Å². The molecule has 0 saturated carbocycles. The Labute approximate surface area is 135 Å². The predicted molar refractivity (Wildman–Crippen MR) is 87.5 cm³/mol. The van der Waals surface area contributed by atoms with E-state index in [0.717, 1.165) is 21.9 Å². The Hall–Kier alpha value is -2.82. The first-order valence-electron chi connectivity index (χ1n) is 7.38. The predicted octanol–water partition coefficient (Wildman–Crippen LogP) is 2.31. The second kappa shape index (κ2) is 7.98. The molecule has 0 aliphatic rings. The van der Waals surface area contributed by atoms with Crippen LogP contribution in [0.4, 0.5) is 4.79 Å². The van der Waals surface area contributed by atoms with Crippen LogP contribution in [0.1, 0.15) is 18.1 Å². The number of benzene rings is 2. The molecule has 1 amide bonds. The van der Waals surface area contributed by atoms with Gasteiger partial charge in [-0.1, -0.05) is 30.3 Å². The third-order valence-corrected chi connectivity index (χ3v) is 3.39. The fourth-order valence-electron chi connectivity index (χ4n) is 2.15. The molecule has 0 fully saturated rings. The van der Waals surface area contributed by atoms with E-state index in [0.29, 0.717) is 12.1 Å². The lowest BCUT2D eigenvalue weighted by Gasteiger charge is -2.19. The molecule has 5 nitrogen and oxygen atoms in total. The van der Waals surface area contributed by atoms with E-state index in [1.807, 2.05) is 54.6 Å². The van der Waals surface area contributed by atoms with E-state index in [4.69, 9.17) is 4.74 Å². The van der Waals surface area contributed by atoms with Gasteiger partial charge in [-0.3, -0.25) is 0 Å². The fourth-order valence-corrected chi connectivity index (χ4v) is 2.15. The molecule has 5 heteroatoms. The monoisotopic (exact) mass is 311 g/mol. The molecule has 0 N–H and O–H groups in total. The minimum atomic E-state index is -1.31. The molecule has 0 atom stereocenters. The summed E-state index contributed by atoms with van der Waals surface area (Å²) in [6, 6.07) is 17.2. The van der Waals surface area contributed by atoms with Crippen LogP contribution in [-0.4, -0.2) is 30.5 Å². The Morgan fingerprint density at radius 1 is 1.13 bits per heavy atom. The first kappa shape index (κ1) is 16.5. The van der Waals surface area contributed by atoms with Gasteiger partial charge < -0.3 is 14.6 Å². The number of hydrogen-bond acceptors (Lipinski definition) is 4. The van der Waals surface area contributed by atoms with Gasteiger partial charge in [0.25, 0.3) is 0 Å². The first-order valence-corrected chi connectivity index (χ1v) is 7.38. The number of carboxylic acid groups (broad SMARTS) is 1. The number of hydrogen-bond donors (Lipinski definition) is 0. The number of amides is 1. The summed E-state index contributed by atoms with van der Waals surface area (Å²) < 4.78 is 5.15. The van der Waals surface area contributed by atoms with Crippen LogP contribution in [0.2, 0.25) is 0 Å². The molecule has 0 radical (unpaired) electrons. The van der Waals surface area contributed by atoms with Crippen LogP contribution in [0.15, 0.2) is 59.7 Å². The van der Waals surface area contributed by atoms with Crippen molar-refractivity contribution in [2.75, 3.05) is 13.7 Å². The molecule has 2 aromatic rings. The molecule has 2 rings (SSSR count). The minimum Gasteiger partial charge on any atom is -0.529 e. The first-order chi connectivity index (χ1) is 11.1. The normalized spacial score (nSPS) is 11.1. The lowest BCUT2D eigenvalue weighted by molar-refractivity contribution is -0.265. The zero-order valence-corrected chi connectivity index (χ0v) is 13.2. The molecule has 0 unspecified atom stereocenters. The van der Waals surface area contributed by atoms with Crippen molar-refractivity contribution in [3.8, 4) is 5.75 Å². The number of nitrogens with zero attached hydrogens (tertiary/aromatic N) is 2. The zero-order valence-electron chi connectivity index (χ0n) is 13.2. The number of carbonyl (C=O) groups is 1. The second-order valence-electron chi connectivity index (χ2n) is 4.92. The van der Waals surface area contributed by atoms with E-state index < -0.39 is 6.09 Å². The summed E-state index contributed by atoms with van der Waals surface area (Å²) >= 11 is 0. The fraction of sp³-hybridized carbons (Fsp3) is 0.222. The Balaban J connectivity index is 2.37. The molecule has 0 saturated heterocycles. The van der Waals surface area contributed by atoms with Gasteiger partial charge in [0.2, 0.25) is 0 Å². The van der Waals surface area contributed by atoms with Gasteiger partial charge in [0, 0.05) is 13.0 Å². The summed E-state index contributed by atoms with van der Waals surface area (Å²) in [5.41, 5.74) is 2.55. The van der Waals surface area contributed by atoms with Gasteiger partial charge in [-0.25, -0.2) is 5.01 Å².